The number of non-ortho nitro benzene ring substituents is 1. The van der Waals surface area contributed by atoms with E-state index in [2.05, 4.69) is 27.1 Å². The van der Waals surface area contributed by atoms with Crippen LogP contribution in [-0.2, 0) is 6.42 Å². The fourth-order valence-corrected chi connectivity index (χ4v) is 3.77. The number of nitrogens with zero attached hydrogens (tertiary/aromatic N) is 5. The van der Waals surface area contributed by atoms with Crippen molar-refractivity contribution in [1.29, 1.82) is 0 Å². The lowest BCUT2D eigenvalue weighted by molar-refractivity contribution is -0.384. The Bertz CT molecular complexity index is 1060. The Balaban J connectivity index is 1.48. The highest BCUT2D eigenvalue weighted by Crippen LogP contribution is 2.25. The number of aryl methyl sites for hydroxylation is 2. The smallest absolute Gasteiger partial charge is 0.269 e. The number of hydrogen-bond donors (Lipinski definition) is 1. The molecule has 1 saturated heterocycles. The van der Waals surface area contributed by atoms with Gasteiger partial charge < -0.3 is 10.2 Å². The van der Waals surface area contributed by atoms with E-state index in [4.69, 9.17) is 4.98 Å². The minimum atomic E-state index is -0.400. The van der Waals surface area contributed by atoms with Crippen LogP contribution >= 0.6 is 0 Å². The number of hydrogen-bond acceptors (Lipinski definition) is 7. The van der Waals surface area contributed by atoms with Gasteiger partial charge in [-0.15, -0.1) is 0 Å². The number of nitro groups is 1. The first-order chi connectivity index (χ1) is 15.0. The molecule has 0 spiro atoms. The first-order valence-corrected chi connectivity index (χ1v) is 10.6. The van der Waals surface area contributed by atoms with Crippen LogP contribution in [0.3, 0.4) is 0 Å². The van der Waals surface area contributed by atoms with E-state index in [0.717, 1.165) is 60.9 Å². The van der Waals surface area contributed by atoms with Crippen molar-refractivity contribution in [2.24, 2.45) is 0 Å². The van der Waals surface area contributed by atoms with E-state index in [-0.39, 0.29) is 5.69 Å². The van der Waals surface area contributed by atoms with E-state index in [9.17, 15) is 10.1 Å². The number of nitrogens with one attached hydrogen (secondary N) is 1. The van der Waals surface area contributed by atoms with E-state index < -0.39 is 4.92 Å². The Morgan fingerprint density at radius 2 is 1.84 bits per heavy atom. The summed E-state index contributed by atoms with van der Waals surface area (Å²) in [5.41, 5.74) is 2.81. The maximum absolute atomic E-state index is 10.9. The maximum atomic E-state index is 10.9. The Morgan fingerprint density at radius 1 is 1.10 bits per heavy atom. The van der Waals surface area contributed by atoms with Crippen LogP contribution in [0.25, 0.3) is 11.4 Å². The maximum Gasteiger partial charge on any atom is 0.269 e. The van der Waals surface area contributed by atoms with Crippen molar-refractivity contribution in [1.82, 2.24) is 15.0 Å². The number of benzene rings is 1. The van der Waals surface area contributed by atoms with Crippen LogP contribution in [-0.4, -0.2) is 39.0 Å². The summed E-state index contributed by atoms with van der Waals surface area (Å²) >= 11 is 0. The lowest BCUT2D eigenvalue weighted by Crippen LogP contribution is -2.39. The Morgan fingerprint density at radius 3 is 2.48 bits per heavy atom. The minimum absolute atomic E-state index is 0.0632. The second-order valence-electron chi connectivity index (χ2n) is 7.77. The van der Waals surface area contributed by atoms with Gasteiger partial charge in [0.2, 0.25) is 0 Å². The average molecular weight is 419 g/mol. The third-order valence-corrected chi connectivity index (χ3v) is 5.52. The molecule has 4 rings (SSSR count). The van der Waals surface area contributed by atoms with Crippen LogP contribution < -0.4 is 10.2 Å². The first kappa shape index (κ1) is 20.7. The van der Waals surface area contributed by atoms with Crippen LogP contribution in [0, 0.1) is 17.0 Å². The molecule has 0 radical (unpaired) electrons. The van der Waals surface area contributed by atoms with Gasteiger partial charge in [-0.2, -0.15) is 0 Å². The van der Waals surface area contributed by atoms with Crippen molar-refractivity contribution in [3.8, 4) is 11.4 Å². The highest BCUT2D eigenvalue weighted by Gasteiger charge is 2.21. The molecular formula is C23H26N6O2. The molecule has 8 nitrogen and oxygen atoms in total. The number of anilines is 2. The normalized spacial score (nSPS) is 14.5. The zero-order chi connectivity index (χ0) is 21.8. The average Bonchev–Trinajstić information content (AvgIpc) is 2.79. The number of aromatic nitrogens is 3. The third-order valence-electron chi connectivity index (χ3n) is 5.52. The third kappa shape index (κ3) is 4.96. The lowest BCUT2D eigenvalue weighted by atomic mass is 10.0. The Labute approximate surface area is 181 Å². The van der Waals surface area contributed by atoms with E-state index in [1.165, 1.54) is 12.1 Å². The second kappa shape index (κ2) is 9.07. The summed E-state index contributed by atoms with van der Waals surface area (Å²) in [5, 5.41) is 14.5. The lowest BCUT2D eigenvalue weighted by Gasteiger charge is -2.33. The molecule has 8 heteroatoms. The van der Waals surface area contributed by atoms with Crippen molar-refractivity contribution in [3.05, 3.63) is 70.0 Å². The fourth-order valence-electron chi connectivity index (χ4n) is 3.77. The van der Waals surface area contributed by atoms with Crippen LogP contribution in [0.4, 0.5) is 17.3 Å². The molecule has 160 valence electrons. The van der Waals surface area contributed by atoms with Crippen LogP contribution in [0.2, 0.25) is 0 Å². The van der Waals surface area contributed by atoms with Gasteiger partial charge in [0.25, 0.3) is 5.69 Å². The summed E-state index contributed by atoms with van der Waals surface area (Å²) in [4.78, 5) is 26.8. The first-order valence-electron chi connectivity index (χ1n) is 10.6. The van der Waals surface area contributed by atoms with Crippen LogP contribution in [0.5, 0.6) is 0 Å². The molecule has 0 aliphatic carbocycles. The summed E-state index contributed by atoms with van der Waals surface area (Å²) in [5.74, 6) is 2.44. The van der Waals surface area contributed by atoms with Crippen molar-refractivity contribution in [2.45, 2.75) is 39.2 Å². The van der Waals surface area contributed by atoms with Gasteiger partial charge in [-0.25, -0.2) is 15.0 Å². The van der Waals surface area contributed by atoms with Crippen molar-refractivity contribution < 1.29 is 4.92 Å². The van der Waals surface area contributed by atoms with Gasteiger partial charge in [0.1, 0.15) is 11.6 Å². The van der Waals surface area contributed by atoms with Gasteiger partial charge in [-0.1, -0.05) is 13.0 Å². The monoisotopic (exact) mass is 418 g/mol. The van der Waals surface area contributed by atoms with Crippen molar-refractivity contribution in [2.75, 3.05) is 23.3 Å². The number of pyridine rings is 1. The predicted octanol–water partition coefficient (Wildman–Crippen LogP) is 4.40. The number of rotatable bonds is 6. The standard InChI is InChI=1S/C23H26N6O2/c1-3-18-15-22(27-23(26-18)17-7-9-20(10-8-17)29(30)31)28-13-11-19(12-14-28)25-21-6-4-5-16(2)24-21/h4-10,15,19H,3,11-14H2,1-2H3,(H,24,25). The SMILES string of the molecule is CCc1cc(N2CCC(Nc3cccc(C)n3)CC2)nc(-c2ccc([N+](=O)[O-])cc2)n1. The van der Waals surface area contributed by atoms with Gasteiger partial charge >= 0.3 is 0 Å². The highest BCUT2D eigenvalue weighted by atomic mass is 16.6. The topological polar surface area (TPSA) is 97.1 Å². The Kier molecular flexibility index (Phi) is 6.06. The quantitative estimate of drug-likeness (QED) is 0.468. The summed E-state index contributed by atoms with van der Waals surface area (Å²) in [6.07, 6.45) is 2.79. The van der Waals surface area contributed by atoms with E-state index in [0.29, 0.717) is 11.9 Å². The molecule has 2 aromatic heterocycles. The van der Waals surface area contributed by atoms with Crippen molar-refractivity contribution in [3.63, 3.8) is 0 Å². The van der Waals surface area contributed by atoms with Gasteiger partial charge in [0, 0.05) is 54.3 Å². The molecule has 0 saturated carbocycles. The van der Waals surface area contributed by atoms with Crippen LogP contribution in [0.1, 0.15) is 31.2 Å². The molecule has 1 aromatic carbocycles. The van der Waals surface area contributed by atoms with Gasteiger partial charge in [0.05, 0.1) is 4.92 Å². The minimum Gasteiger partial charge on any atom is -0.367 e. The summed E-state index contributed by atoms with van der Waals surface area (Å²) in [7, 11) is 0. The molecule has 0 amide bonds. The molecular weight excluding hydrogens is 392 g/mol. The predicted molar refractivity (Wildman–Crippen MR) is 121 cm³/mol. The zero-order valence-electron chi connectivity index (χ0n) is 17.8. The number of nitro benzene ring substituents is 1. The van der Waals surface area contributed by atoms with Gasteiger partial charge in [-0.05, 0) is 50.5 Å². The molecule has 31 heavy (non-hydrogen) atoms. The van der Waals surface area contributed by atoms with Crippen molar-refractivity contribution >= 4 is 17.3 Å². The van der Waals surface area contributed by atoms with Gasteiger partial charge in [0.15, 0.2) is 5.82 Å². The molecule has 3 aromatic rings. The molecule has 1 N–H and O–H groups in total. The summed E-state index contributed by atoms with van der Waals surface area (Å²) in [6, 6.07) is 14.9. The van der Waals surface area contributed by atoms with E-state index in [1.807, 2.05) is 31.2 Å². The summed E-state index contributed by atoms with van der Waals surface area (Å²) in [6.45, 7) is 5.85. The zero-order valence-corrected chi connectivity index (χ0v) is 17.8. The fraction of sp³-hybridized carbons (Fsp3) is 0.348. The largest absolute Gasteiger partial charge is 0.367 e. The van der Waals surface area contributed by atoms with E-state index in [1.54, 1.807) is 12.1 Å². The second-order valence-corrected chi connectivity index (χ2v) is 7.77. The molecule has 0 atom stereocenters. The molecule has 0 bridgehead atoms. The van der Waals surface area contributed by atoms with Gasteiger partial charge in [-0.3, -0.25) is 10.1 Å². The van der Waals surface area contributed by atoms with E-state index >= 15 is 0 Å². The molecule has 1 fully saturated rings. The number of piperidine rings is 1. The molecule has 0 unspecified atom stereocenters. The summed E-state index contributed by atoms with van der Waals surface area (Å²) < 4.78 is 0. The highest BCUT2D eigenvalue weighted by molar-refractivity contribution is 5.60. The molecule has 1 aliphatic rings. The molecule has 1 aliphatic heterocycles. The van der Waals surface area contributed by atoms with Crippen LogP contribution in [0.15, 0.2) is 48.5 Å². The Hall–Kier alpha value is -3.55. The molecule has 3 heterocycles.